The first-order valence-corrected chi connectivity index (χ1v) is 5.82. The zero-order valence-electron chi connectivity index (χ0n) is 8.10. The van der Waals surface area contributed by atoms with E-state index >= 15 is 0 Å². The number of hydrogen-bond donors (Lipinski definition) is 0. The molecule has 0 saturated heterocycles. The Kier molecular flexibility index (Phi) is 6.62. The normalized spacial score (nSPS) is 14.5. The molecule has 1 atom stereocenters. The molecular formula is C9H20IN. The van der Waals surface area contributed by atoms with Crippen molar-refractivity contribution in [1.82, 2.24) is 4.90 Å². The molecule has 1 nitrogen and oxygen atoms in total. The highest BCUT2D eigenvalue weighted by Gasteiger charge is 2.11. The van der Waals surface area contributed by atoms with E-state index in [0.717, 1.165) is 12.0 Å². The summed E-state index contributed by atoms with van der Waals surface area (Å²) in [5, 5.41) is 0. The third-order valence-corrected chi connectivity index (χ3v) is 2.54. The molecule has 0 aromatic heterocycles. The molecule has 0 aromatic carbocycles. The summed E-state index contributed by atoms with van der Waals surface area (Å²) in [7, 11) is 4.36. The van der Waals surface area contributed by atoms with Crippen molar-refractivity contribution in [3.05, 3.63) is 0 Å². The smallest absolute Gasteiger partial charge is 0.00989 e. The number of alkyl halides is 1. The largest absolute Gasteiger partial charge is 0.306 e. The Morgan fingerprint density at radius 1 is 1.27 bits per heavy atom. The molecule has 2 heteroatoms. The second-order valence-electron chi connectivity index (χ2n) is 3.72. The lowest BCUT2D eigenvalue weighted by molar-refractivity contribution is 0.250. The van der Waals surface area contributed by atoms with Crippen molar-refractivity contribution in [3.63, 3.8) is 0 Å². The van der Waals surface area contributed by atoms with Crippen molar-refractivity contribution in [1.29, 1.82) is 0 Å². The topological polar surface area (TPSA) is 3.24 Å². The van der Waals surface area contributed by atoms with Gasteiger partial charge in [-0.25, -0.2) is 0 Å². The van der Waals surface area contributed by atoms with Crippen LogP contribution in [0, 0.1) is 5.92 Å². The standard InChI is InChI=1S/C9H20IN/c1-8(2)7-9(5-6-10)11(3)4/h8-9H,5-7H2,1-4H3. The van der Waals surface area contributed by atoms with Crippen LogP contribution in [0.3, 0.4) is 0 Å². The molecule has 0 saturated carbocycles. The summed E-state index contributed by atoms with van der Waals surface area (Å²) in [5.74, 6) is 0.824. The highest BCUT2D eigenvalue weighted by Crippen LogP contribution is 2.13. The van der Waals surface area contributed by atoms with Gasteiger partial charge in [0.2, 0.25) is 0 Å². The molecule has 0 aromatic rings. The van der Waals surface area contributed by atoms with E-state index < -0.39 is 0 Å². The number of hydrogen-bond acceptors (Lipinski definition) is 1. The van der Waals surface area contributed by atoms with Gasteiger partial charge in [0.25, 0.3) is 0 Å². The van der Waals surface area contributed by atoms with Gasteiger partial charge in [0.05, 0.1) is 0 Å². The summed E-state index contributed by atoms with van der Waals surface area (Å²) in [5.41, 5.74) is 0. The fourth-order valence-corrected chi connectivity index (χ4v) is 1.98. The van der Waals surface area contributed by atoms with Gasteiger partial charge in [-0.05, 0) is 32.9 Å². The van der Waals surface area contributed by atoms with Crippen molar-refractivity contribution in [2.75, 3.05) is 18.5 Å². The van der Waals surface area contributed by atoms with Gasteiger partial charge in [-0.3, -0.25) is 0 Å². The Balaban J connectivity index is 3.69. The van der Waals surface area contributed by atoms with Crippen LogP contribution in [0.1, 0.15) is 26.7 Å². The van der Waals surface area contributed by atoms with E-state index in [1.165, 1.54) is 17.3 Å². The van der Waals surface area contributed by atoms with Crippen LogP contribution in [0.15, 0.2) is 0 Å². The van der Waals surface area contributed by atoms with Gasteiger partial charge in [-0.15, -0.1) is 0 Å². The molecule has 0 rings (SSSR count). The second kappa shape index (κ2) is 6.23. The first-order chi connectivity index (χ1) is 5.07. The molecule has 0 aliphatic rings. The van der Waals surface area contributed by atoms with Crippen molar-refractivity contribution in [2.24, 2.45) is 5.92 Å². The summed E-state index contributed by atoms with van der Waals surface area (Å²) in [6, 6.07) is 0.784. The fraction of sp³-hybridized carbons (Fsp3) is 1.00. The highest BCUT2D eigenvalue weighted by atomic mass is 127. The minimum atomic E-state index is 0.784. The summed E-state index contributed by atoms with van der Waals surface area (Å²) in [6.07, 6.45) is 2.65. The summed E-state index contributed by atoms with van der Waals surface area (Å²) >= 11 is 2.46. The summed E-state index contributed by atoms with van der Waals surface area (Å²) < 4.78 is 1.27. The van der Waals surface area contributed by atoms with E-state index in [-0.39, 0.29) is 0 Å². The minimum Gasteiger partial charge on any atom is -0.306 e. The Labute approximate surface area is 84.7 Å². The van der Waals surface area contributed by atoms with Gasteiger partial charge >= 0.3 is 0 Å². The molecule has 68 valence electrons. The zero-order chi connectivity index (χ0) is 8.85. The van der Waals surface area contributed by atoms with Gasteiger partial charge in [0, 0.05) is 10.5 Å². The molecule has 0 N–H and O–H groups in total. The Bertz CT molecular complexity index is 91.6. The van der Waals surface area contributed by atoms with Crippen molar-refractivity contribution in [2.45, 2.75) is 32.7 Å². The van der Waals surface area contributed by atoms with Crippen LogP contribution in [-0.4, -0.2) is 29.5 Å². The number of halogens is 1. The zero-order valence-corrected chi connectivity index (χ0v) is 10.3. The SMILES string of the molecule is CC(C)CC(CCI)N(C)C. The molecule has 0 heterocycles. The van der Waals surface area contributed by atoms with Gasteiger partial charge in [0.15, 0.2) is 0 Å². The Hall–Kier alpha value is 0.690. The quantitative estimate of drug-likeness (QED) is 0.548. The molecule has 0 amide bonds. The van der Waals surface area contributed by atoms with Crippen molar-refractivity contribution < 1.29 is 0 Å². The van der Waals surface area contributed by atoms with Gasteiger partial charge < -0.3 is 4.90 Å². The number of nitrogens with zero attached hydrogens (tertiary/aromatic N) is 1. The molecule has 0 radical (unpaired) electrons. The van der Waals surface area contributed by atoms with Crippen LogP contribution in [-0.2, 0) is 0 Å². The average Bonchev–Trinajstić information content (AvgIpc) is 1.86. The lowest BCUT2D eigenvalue weighted by Crippen LogP contribution is -2.29. The Morgan fingerprint density at radius 3 is 2.09 bits per heavy atom. The molecule has 0 aliphatic heterocycles. The Morgan fingerprint density at radius 2 is 1.82 bits per heavy atom. The van der Waals surface area contributed by atoms with Crippen LogP contribution >= 0.6 is 22.6 Å². The molecule has 0 bridgehead atoms. The van der Waals surface area contributed by atoms with Crippen LogP contribution < -0.4 is 0 Å². The fourth-order valence-electron chi connectivity index (χ4n) is 1.26. The number of rotatable bonds is 5. The van der Waals surface area contributed by atoms with Gasteiger partial charge in [-0.1, -0.05) is 36.4 Å². The maximum absolute atomic E-state index is 2.46. The summed E-state index contributed by atoms with van der Waals surface area (Å²) in [6.45, 7) is 4.59. The monoisotopic (exact) mass is 269 g/mol. The van der Waals surface area contributed by atoms with E-state index in [1.807, 2.05) is 0 Å². The molecule has 0 fully saturated rings. The lowest BCUT2D eigenvalue weighted by Gasteiger charge is -2.25. The third-order valence-electron chi connectivity index (χ3n) is 1.92. The molecule has 1 unspecified atom stereocenters. The van der Waals surface area contributed by atoms with E-state index in [0.29, 0.717) is 0 Å². The third kappa shape index (κ3) is 5.91. The van der Waals surface area contributed by atoms with E-state index in [2.05, 4.69) is 55.4 Å². The molecule has 11 heavy (non-hydrogen) atoms. The highest BCUT2D eigenvalue weighted by molar-refractivity contribution is 14.1. The van der Waals surface area contributed by atoms with Crippen LogP contribution in [0.2, 0.25) is 0 Å². The molecular weight excluding hydrogens is 249 g/mol. The van der Waals surface area contributed by atoms with E-state index in [1.54, 1.807) is 0 Å². The first-order valence-electron chi connectivity index (χ1n) is 4.30. The second-order valence-corrected chi connectivity index (χ2v) is 4.80. The predicted molar refractivity (Wildman–Crippen MR) is 60.4 cm³/mol. The van der Waals surface area contributed by atoms with Crippen molar-refractivity contribution in [3.8, 4) is 0 Å². The van der Waals surface area contributed by atoms with E-state index in [9.17, 15) is 0 Å². The first kappa shape index (κ1) is 11.7. The maximum Gasteiger partial charge on any atom is 0.00989 e. The van der Waals surface area contributed by atoms with E-state index in [4.69, 9.17) is 0 Å². The van der Waals surface area contributed by atoms with Gasteiger partial charge in [-0.2, -0.15) is 0 Å². The van der Waals surface area contributed by atoms with Crippen LogP contribution in [0.5, 0.6) is 0 Å². The van der Waals surface area contributed by atoms with Crippen LogP contribution in [0.25, 0.3) is 0 Å². The maximum atomic E-state index is 2.46. The minimum absolute atomic E-state index is 0.784. The molecule has 0 aliphatic carbocycles. The lowest BCUT2D eigenvalue weighted by atomic mass is 10.0. The van der Waals surface area contributed by atoms with Crippen LogP contribution in [0.4, 0.5) is 0 Å². The molecule has 0 spiro atoms. The summed E-state index contributed by atoms with van der Waals surface area (Å²) in [4.78, 5) is 2.35. The van der Waals surface area contributed by atoms with Gasteiger partial charge in [0.1, 0.15) is 0 Å². The predicted octanol–water partition coefficient (Wildman–Crippen LogP) is 2.79. The van der Waals surface area contributed by atoms with Crippen molar-refractivity contribution >= 4 is 22.6 Å². The average molecular weight is 269 g/mol.